The molecule has 0 radical (unpaired) electrons. The Morgan fingerprint density at radius 3 is 2.46 bits per heavy atom. The summed E-state index contributed by atoms with van der Waals surface area (Å²) in [6.07, 6.45) is 7.08. The smallest absolute Gasteiger partial charge is 0.243 e. The minimum Gasteiger partial charge on any atom is -0.368 e. The maximum absolute atomic E-state index is 13.4. The lowest BCUT2D eigenvalue weighted by Gasteiger charge is -2.21. The number of benzene rings is 1. The molecule has 4 N–H and O–H groups in total. The molecular weight excluding hydrogens is 361 g/mol. The summed E-state index contributed by atoms with van der Waals surface area (Å²) >= 11 is 0. The van der Waals surface area contributed by atoms with Crippen LogP contribution in [0.3, 0.4) is 0 Å². The van der Waals surface area contributed by atoms with E-state index in [-0.39, 0.29) is 6.42 Å². The normalized spacial score (nSPS) is 12.6. The third kappa shape index (κ3) is 9.30. The van der Waals surface area contributed by atoms with Crippen LogP contribution in [0.15, 0.2) is 36.9 Å². The van der Waals surface area contributed by atoms with Crippen LogP contribution in [0.25, 0.3) is 0 Å². The van der Waals surface area contributed by atoms with Crippen LogP contribution in [0.4, 0.5) is 4.39 Å². The molecule has 0 aliphatic rings. The fourth-order valence-corrected chi connectivity index (χ4v) is 2.90. The Labute approximate surface area is 165 Å². The molecule has 1 aromatic carbocycles. The van der Waals surface area contributed by atoms with Crippen molar-refractivity contribution in [2.45, 2.75) is 64.0 Å². The van der Waals surface area contributed by atoms with Crippen LogP contribution in [0.2, 0.25) is 0 Å². The van der Waals surface area contributed by atoms with Gasteiger partial charge in [-0.3, -0.25) is 14.4 Å². The van der Waals surface area contributed by atoms with E-state index < -0.39 is 35.6 Å². The first kappa shape index (κ1) is 23.3. The lowest BCUT2D eigenvalue weighted by Crippen LogP contribution is -2.53. The Kier molecular flexibility index (Phi) is 10.5. The molecule has 0 bridgehead atoms. The number of primary amides is 1. The highest BCUT2D eigenvalue weighted by Crippen LogP contribution is 2.10. The summed E-state index contributed by atoms with van der Waals surface area (Å²) in [6.45, 7) is 4.97. The van der Waals surface area contributed by atoms with Crippen LogP contribution in [0, 0.1) is 5.82 Å². The van der Waals surface area contributed by atoms with Crippen LogP contribution >= 0.6 is 0 Å². The van der Waals surface area contributed by atoms with Gasteiger partial charge in [0.15, 0.2) is 0 Å². The first-order chi connectivity index (χ1) is 13.3. The second-order valence-corrected chi connectivity index (χ2v) is 6.83. The maximum atomic E-state index is 13.4. The van der Waals surface area contributed by atoms with E-state index in [4.69, 9.17) is 5.73 Å². The lowest BCUT2D eigenvalue weighted by molar-refractivity contribution is -0.130. The zero-order chi connectivity index (χ0) is 20.9. The van der Waals surface area contributed by atoms with Crippen molar-refractivity contribution in [2.24, 2.45) is 5.73 Å². The van der Waals surface area contributed by atoms with Crippen molar-refractivity contribution in [3.05, 3.63) is 48.3 Å². The van der Waals surface area contributed by atoms with Gasteiger partial charge in [0.2, 0.25) is 17.7 Å². The molecule has 0 spiro atoms. The van der Waals surface area contributed by atoms with Crippen molar-refractivity contribution >= 4 is 17.7 Å². The van der Waals surface area contributed by atoms with Crippen molar-refractivity contribution in [1.82, 2.24) is 10.6 Å². The molecule has 3 amide bonds. The zero-order valence-electron chi connectivity index (χ0n) is 16.4. The van der Waals surface area contributed by atoms with Gasteiger partial charge < -0.3 is 16.4 Å². The third-order valence-electron chi connectivity index (χ3n) is 4.33. The fourth-order valence-electron chi connectivity index (χ4n) is 2.90. The SMILES string of the molecule is C=CCCCCCC[C@@H](NC(=O)[C@H](Cc1cccc(F)c1)NC(C)=O)C(N)=O. The van der Waals surface area contributed by atoms with Gasteiger partial charge in [-0.1, -0.05) is 37.5 Å². The Morgan fingerprint density at radius 2 is 1.86 bits per heavy atom. The van der Waals surface area contributed by atoms with E-state index in [0.29, 0.717) is 12.0 Å². The van der Waals surface area contributed by atoms with Crippen LogP contribution in [0.1, 0.15) is 51.0 Å². The predicted molar refractivity (Wildman–Crippen MR) is 107 cm³/mol. The van der Waals surface area contributed by atoms with E-state index in [9.17, 15) is 18.8 Å². The minimum atomic E-state index is -0.922. The molecule has 0 fully saturated rings. The molecule has 1 aromatic rings. The van der Waals surface area contributed by atoms with Gasteiger partial charge in [-0.15, -0.1) is 6.58 Å². The molecule has 0 heterocycles. The number of nitrogens with one attached hydrogen (secondary N) is 2. The van der Waals surface area contributed by atoms with E-state index in [2.05, 4.69) is 17.2 Å². The van der Waals surface area contributed by atoms with Crippen molar-refractivity contribution in [3.8, 4) is 0 Å². The van der Waals surface area contributed by atoms with Gasteiger partial charge in [-0.2, -0.15) is 0 Å². The Hall–Kier alpha value is -2.70. The molecule has 0 unspecified atom stereocenters. The summed E-state index contributed by atoms with van der Waals surface area (Å²) in [5.41, 5.74) is 5.98. The number of unbranched alkanes of at least 4 members (excludes halogenated alkanes) is 4. The van der Waals surface area contributed by atoms with Gasteiger partial charge in [0.1, 0.15) is 17.9 Å². The van der Waals surface area contributed by atoms with E-state index in [1.54, 1.807) is 6.07 Å². The highest BCUT2D eigenvalue weighted by Gasteiger charge is 2.25. The zero-order valence-corrected chi connectivity index (χ0v) is 16.4. The summed E-state index contributed by atoms with van der Waals surface area (Å²) in [6, 6.07) is 4.07. The largest absolute Gasteiger partial charge is 0.368 e. The monoisotopic (exact) mass is 391 g/mol. The van der Waals surface area contributed by atoms with E-state index in [0.717, 1.165) is 32.1 Å². The number of rotatable bonds is 13. The van der Waals surface area contributed by atoms with Crippen LogP contribution < -0.4 is 16.4 Å². The number of carbonyl (C=O) groups is 3. The van der Waals surface area contributed by atoms with Crippen LogP contribution in [-0.4, -0.2) is 29.8 Å². The molecule has 0 saturated heterocycles. The number of halogens is 1. The second-order valence-electron chi connectivity index (χ2n) is 6.83. The topological polar surface area (TPSA) is 101 Å². The second kappa shape index (κ2) is 12.6. The molecule has 1 rings (SSSR count). The number of hydrogen-bond acceptors (Lipinski definition) is 3. The first-order valence-electron chi connectivity index (χ1n) is 9.55. The standard InChI is InChI=1S/C21H30FN3O3/c1-3-4-5-6-7-8-12-18(20(23)27)25-21(28)19(24-15(2)26)14-16-10-9-11-17(22)13-16/h3,9-11,13,18-19H,1,4-8,12,14H2,2H3,(H2,23,27)(H,24,26)(H,25,28)/t18-,19+/m1/s1. The summed E-state index contributed by atoms with van der Waals surface area (Å²) in [4.78, 5) is 35.8. The van der Waals surface area contributed by atoms with E-state index in [1.165, 1.54) is 25.1 Å². The Bertz CT molecular complexity index is 679. The lowest BCUT2D eigenvalue weighted by atomic mass is 10.0. The van der Waals surface area contributed by atoms with Crippen LogP contribution in [-0.2, 0) is 20.8 Å². The molecule has 6 nitrogen and oxygen atoms in total. The molecule has 2 atom stereocenters. The van der Waals surface area contributed by atoms with Crippen molar-refractivity contribution in [2.75, 3.05) is 0 Å². The number of carbonyl (C=O) groups excluding carboxylic acids is 3. The summed E-state index contributed by atoms with van der Waals surface area (Å²) in [7, 11) is 0. The fraction of sp³-hybridized carbons (Fsp3) is 0.476. The molecule has 0 aliphatic carbocycles. The molecule has 0 saturated carbocycles. The Balaban J connectivity index is 2.67. The number of nitrogens with two attached hydrogens (primary N) is 1. The van der Waals surface area contributed by atoms with Gasteiger partial charge in [0.05, 0.1) is 0 Å². The van der Waals surface area contributed by atoms with Gasteiger partial charge in [-0.05, 0) is 37.0 Å². The molecule has 154 valence electrons. The molecular formula is C21H30FN3O3. The average Bonchev–Trinajstić information content (AvgIpc) is 2.62. The predicted octanol–water partition coefficient (Wildman–Crippen LogP) is 2.37. The molecule has 0 aliphatic heterocycles. The van der Waals surface area contributed by atoms with Crippen molar-refractivity contribution < 1.29 is 18.8 Å². The average molecular weight is 391 g/mol. The Morgan fingerprint density at radius 1 is 1.14 bits per heavy atom. The van der Waals surface area contributed by atoms with Gasteiger partial charge in [0, 0.05) is 13.3 Å². The van der Waals surface area contributed by atoms with E-state index >= 15 is 0 Å². The van der Waals surface area contributed by atoms with Crippen LogP contribution in [0.5, 0.6) is 0 Å². The maximum Gasteiger partial charge on any atom is 0.243 e. The molecule has 7 heteroatoms. The summed E-state index contributed by atoms with van der Waals surface area (Å²) in [5, 5.41) is 5.17. The van der Waals surface area contributed by atoms with Gasteiger partial charge >= 0.3 is 0 Å². The third-order valence-corrected chi connectivity index (χ3v) is 4.33. The number of amides is 3. The van der Waals surface area contributed by atoms with Crippen molar-refractivity contribution in [1.29, 1.82) is 0 Å². The summed E-state index contributed by atoms with van der Waals surface area (Å²) in [5.74, 6) is -1.96. The first-order valence-corrected chi connectivity index (χ1v) is 9.55. The summed E-state index contributed by atoms with van der Waals surface area (Å²) < 4.78 is 13.4. The molecule has 28 heavy (non-hydrogen) atoms. The highest BCUT2D eigenvalue weighted by atomic mass is 19.1. The van der Waals surface area contributed by atoms with Gasteiger partial charge in [0.25, 0.3) is 0 Å². The van der Waals surface area contributed by atoms with Gasteiger partial charge in [-0.25, -0.2) is 4.39 Å². The van der Waals surface area contributed by atoms with E-state index in [1.807, 2.05) is 6.08 Å². The number of hydrogen-bond donors (Lipinski definition) is 3. The van der Waals surface area contributed by atoms with Crippen molar-refractivity contribution in [3.63, 3.8) is 0 Å². The number of allylic oxidation sites excluding steroid dienone is 1. The highest BCUT2D eigenvalue weighted by molar-refractivity contribution is 5.91. The minimum absolute atomic E-state index is 0.107. The molecule has 0 aromatic heterocycles. The quantitative estimate of drug-likeness (QED) is 0.355.